The van der Waals surface area contributed by atoms with Gasteiger partial charge in [-0.3, -0.25) is 0 Å². The van der Waals surface area contributed by atoms with Gasteiger partial charge < -0.3 is 10.5 Å². The smallest absolute Gasteiger partial charge is 0.124 e. The van der Waals surface area contributed by atoms with Crippen LogP contribution in [0.5, 0.6) is 5.75 Å². The first-order chi connectivity index (χ1) is 9.08. The van der Waals surface area contributed by atoms with Crippen molar-refractivity contribution in [1.29, 1.82) is 0 Å². The minimum atomic E-state index is -0.0587. The van der Waals surface area contributed by atoms with Crippen molar-refractivity contribution in [2.24, 2.45) is 5.73 Å². The van der Waals surface area contributed by atoms with Crippen LogP contribution in [0.2, 0.25) is 5.02 Å². The van der Waals surface area contributed by atoms with Crippen LogP contribution in [-0.2, 0) is 6.61 Å². The number of hydrogen-bond donors (Lipinski definition) is 1. The van der Waals surface area contributed by atoms with Crippen molar-refractivity contribution >= 4 is 27.5 Å². The third-order valence-corrected chi connectivity index (χ3v) is 3.65. The molecule has 0 saturated carbocycles. The Balaban J connectivity index is 2.14. The average Bonchev–Trinajstić information content (AvgIpc) is 2.38. The van der Waals surface area contributed by atoms with E-state index in [1.807, 2.05) is 49.4 Å². The van der Waals surface area contributed by atoms with E-state index >= 15 is 0 Å². The van der Waals surface area contributed by atoms with E-state index in [4.69, 9.17) is 22.1 Å². The summed E-state index contributed by atoms with van der Waals surface area (Å²) in [5.74, 6) is 0.802. The number of benzene rings is 2. The molecule has 0 aliphatic carbocycles. The molecule has 19 heavy (non-hydrogen) atoms. The quantitative estimate of drug-likeness (QED) is 0.875. The molecule has 1 atom stereocenters. The van der Waals surface area contributed by atoms with Gasteiger partial charge in [-0.1, -0.05) is 51.8 Å². The van der Waals surface area contributed by atoms with Crippen LogP contribution in [0.4, 0.5) is 0 Å². The minimum absolute atomic E-state index is 0.0587. The van der Waals surface area contributed by atoms with Crippen molar-refractivity contribution in [2.75, 3.05) is 0 Å². The molecular weight excluding hydrogens is 326 g/mol. The Morgan fingerprint density at radius 1 is 1.26 bits per heavy atom. The number of nitrogens with two attached hydrogens (primary N) is 1. The third-order valence-electron chi connectivity index (χ3n) is 2.81. The maximum absolute atomic E-state index is 6.16. The molecule has 0 radical (unpaired) electrons. The second kappa shape index (κ2) is 6.42. The van der Waals surface area contributed by atoms with E-state index in [9.17, 15) is 0 Å². The van der Waals surface area contributed by atoms with E-state index in [-0.39, 0.29) is 6.04 Å². The number of hydrogen-bond acceptors (Lipinski definition) is 2. The van der Waals surface area contributed by atoms with Crippen LogP contribution in [0, 0.1) is 0 Å². The Labute approximate surface area is 126 Å². The molecule has 0 aliphatic rings. The topological polar surface area (TPSA) is 35.2 Å². The maximum atomic E-state index is 6.16. The van der Waals surface area contributed by atoms with Gasteiger partial charge in [0.15, 0.2) is 0 Å². The van der Waals surface area contributed by atoms with Gasteiger partial charge in [0.2, 0.25) is 0 Å². The first-order valence-corrected chi connectivity index (χ1v) is 7.16. The standard InChI is InChI=1S/C15H15BrClNO/c1-10(18)13-4-2-3-5-15(13)19-9-11-6-7-12(16)8-14(11)17/h2-8,10H,9,18H2,1H3/t10-/m0/s1. The first kappa shape index (κ1) is 14.4. The second-order valence-corrected chi connectivity index (χ2v) is 5.67. The van der Waals surface area contributed by atoms with Gasteiger partial charge in [0.25, 0.3) is 0 Å². The molecule has 0 bridgehead atoms. The molecule has 0 aliphatic heterocycles. The highest BCUT2D eigenvalue weighted by atomic mass is 79.9. The van der Waals surface area contributed by atoms with E-state index in [2.05, 4.69) is 15.9 Å². The summed E-state index contributed by atoms with van der Waals surface area (Å²) in [5, 5.41) is 0.688. The summed E-state index contributed by atoms with van der Waals surface area (Å²) in [6, 6.07) is 13.5. The van der Waals surface area contributed by atoms with Gasteiger partial charge in [0, 0.05) is 26.7 Å². The fourth-order valence-corrected chi connectivity index (χ4v) is 2.51. The van der Waals surface area contributed by atoms with Crippen molar-refractivity contribution in [1.82, 2.24) is 0 Å². The monoisotopic (exact) mass is 339 g/mol. The Morgan fingerprint density at radius 2 is 2.00 bits per heavy atom. The van der Waals surface area contributed by atoms with Gasteiger partial charge >= 0.3 is 0 Å². The summed E-state index contributed by atoms with van der Waals surface area (Å²) < 4.78 is 6.78. The zero-order valence-corrected chi connectivity index (χ0v) is 12.9. The highest BCUT2D eigenvalue weighted by Gasteiger charge is 2.08. The Morgan fingerprint density at radius 3 is 2.68 bits per heavy atom. The highest BCUT2D eigenvalue weighted by molar-refractivity contribution is 9.10. The van der Waals surface area contributed by atoms with E-state index in [0.29, 0.717) is 11.6 Å². The van der Waals surface area contributed by atoms with E-state index < -0.39 is 0 Å². The van der Waals surface area contributed by atoms with Crippen LogP contribution in [0.15, 0.2) is 46.9 Å². The lowest BCUT2D eigenvalue weighted by Crippen LogP contribution is -2.08. The predicted molar refractivity (Wildman–Crippen MR) is 82.5 cm³/mol. The normalized spacial score (nSPS) is 12.2. The number of ether oxygens (including phenoxy) is 1. The Bertz CT molecular complexity index is 572. The van der Waals surface area contributed by atoms with Crippen LogP contribution in [-0.4, -0.2) is 0 Å². The molecule has 0 aromatic heterocycles. The van der Waals surface area contributed by atoms with Gasteiger partial charge in [0.05, 0.1) is 0 Å². The number of para-hydroxylation sites is 1. The highest BCUT2D eigenvalue weighted by Crippen LogP contribution is 2.26. The molecule has 0 amide bonds. The average molecular weight is 341 g/mol. The fourth-order valence-electron chi connectivity index (χ4n) is 1.78. The molecule has 0 unspecified atom stereocenters. The van der Waals surface area contributed by atoms with Crippen molar-refractivity contribution in [3.05, 3.63) is 63.1 Å². The lowest BCUT2D eigenvalue weighted by atomic mass is 10.1. The van der Waals surface area contributed by atoms with E-state index in [1.165, 1.54) is 0 Å². The number of halogens is 2. The van der Waals surface area contributed by atoms with Crippen LogP contribution >= 0.6 is 27.5 Å². The molecular formula is C15H15BrClNO. The van der Waals surface area contributed by atoms with Crippen LogP contribution in [0.25, 0.3) is 0 Å². The van der Waals surface area contributed by atoms with Gasteiger partial charge in [-0.15, -0.1) is 0 Å². The summed E-state index contributed by atoms with van der Waals surface area (Å²) in [6.07, 6.45) is 0. The van der Waals surface area contributed by atoms with Crippen LogP contribution in [0.3, 0.4) is 0 Å². The lowest BCUT2D eigenvalue weighted by Gasteiger charge is -2.14. The van der Waals surface area contributed by atoms with Gasteiger partial charge in [-0.05, 0) is 25.1 Å². The largest absolute Gasteiger partial charge is 0.489 e. The second-order valence-electron chi connectivity index (χ2n) is 4.35. The van der Waals surface area contributed by atoms with E-state index in [1.54, 1.807) is 0 Å². The van der Waals surface area contributed by atoms with E-state index in [0.717, 1.165) is 21.3 Å². The molecule has 100 valence electrons. The van der Waals surface area contributed by atoms with Crippen molar-refractivity contribution < 1.29 is 4.74 Å². The van der Waals surface area contributed by atoms with Crippen LogP contribution in [0.1, 0.15) is 24.1 Å². The SMILES string of the molecule is C[C@H](N)c1ccccc1OCc1ccc(Br)cc1Cl. The first-order valence-electron chi connectivity index (χ1n) is 5.99. The zero-order valence-electron chi connectivity index (χ0n) is 10.6. The molecule has 4 heteroatoms. The Kier molecular flexibility index (Phi) is 4.86. The molecule has 2 nitrogen and oxygen atoms in total. The van der Waals surface area contributed by atoms with Crippen molar-refractivity contribution in [3.63, 3.8) is 0 Å². The lowest BCUT2D eigenvalue weighted by molar-refractivity contribution is 0.301. The molecule has 0 fully saturated rings. The summed E-state index contributed by atoms with van der Waals surface area (Å²) in [5.41, 5.74) is 7.87. The number of rotatable bonds is 4. The zero-order chi connectivity index (χ0) is 13.8. The van der Waals surface area contributed by atoms with Gasteiger partial charge in [-0.2, -0.15) is 0 Å². The molecule has 0 saturated heterocycles. The van der Waals surface area contributed by atoms with Gasteiger partial charge in [0.1, 0.15) is 12.4 Å². The van der Waals surface area contributed by atoms with Gasteiger partial charge in [-0.25, -0.2) is 0 Å². The molecule has 0 heterocycles. The molecule has 2 N–H and O–H groups in total. The summed E-state index contributed by atoms with van der Waals surface area (Å²) >= 11 is 9.54. The molecule has 2 aromatic rings. The summed E-state index contributed by atoms with van der Waals surface area (Å²) in [6.45, 7) is 2.37. The fraction of sp³-hybridized carbons (Fsp3) is 0.200. The summed E-state index contributed by atoms with van der Waals surface area (Å²) in [7, 11) is 0. The van der Waals surface area contributed by atoms with Crippen molar-refractivity contribution in [2.45, 2.75) is 19.6 Å². The predicted octanol–water partition coefficient (Wildman–Crippen LogP) is 4.70. The van der Waals surface area contributed by atoms with Crippen LogP contribution < -0.4 is 10.5 Å². The molecule has 0 spiro atoms. The molecule has 2 rings (SSSR count). The maximum Gasteiger partial charge on any atom is 0.124 e. The third kappa shape index (κ3) is 3.72. The summed E-state index contributed by atoms with van der Waals surface area (Å²) in [4.78, 5) is 0. The Hall–Kier alpha value is -1.03. The molecule has 2 aromatic carbocycles. The minimum Gasteiger partial charge on any atom is -0.489 e. The van der Waals surface area contributed by atoms with Crippen molar-refractivity contribution in [3.8, 4) is 5.75 Å².